The lowest BCUT2D eigenvalue weighted by molar-refractivity contribution is 0.554. The van der Waals surface area contributed by atoms with Crippen LogP contribution >= 0.6 is 0 Å². The van der Waals surface area contributed by atoms with Crippen molar-refractivity contribution in [3.63, 3.8) is 0 Å². The first-order valence-corrected chi connectivity index (χ1v) is 6.80. The number of unbranched alkanes of at least 4 members (excludes halogenated alkanes) is 2. The molecule has 0 fully saturated rings. The Balaban J connectivity index is 2.68. The van der Waals surface area contributed by atoms with Crippen LogP contribution in [0.1, 0.15) is 26.2 Å². The normalized spacial score (nSPS) is 11.6. The molecular formula is C11H16FNO2S. The summed E-state index contributed by atoms with van der Waals surface area (Å²) in [6.07, 6.45) is 2.74. The number of nitrogens with one attached hydrogen (secondary N) is 1. The van der Waals surface area contributed by atoms with E-state index in [0.717, 1.165) is 25.3 Å². The highest BCUT2D eigenvalue weighted by Gasteiger charge is 2.17. The molecule has 0 aliphatic heterocycles. The van der Waals surface area contributed by atoms with E-state index < -0.39 is 15.8 Å². The predicted molar refractivity (Wildman–Crippen MR) is 61.1 cm³/mol. The van der Waals surface area contributed by atoms with Crippen LogP contribution < -0.4 is 4.72 Å². The molecule has 0 unspecified atom stereocenters. The van der Waals surface area contributed by atoms with Crippen LogP contribution in [0.15, 0.2) is 29.2 Å². The van der Waals surface area contributed by atoms with Crippen LogP contribution in [0.3, 0.4) is 0 Å². The van der Waals surface area contributed by atoms with Crippen molar-refractivity contribution in [3.8, 4) is 0 Å². The highest BCUT2D eigenvalue weighted by molar-refractivity contribution is 7.89. The van der Waals surface area contributed by atoms with Gasteiger partial charge in [-0.15, -0.1) is 0 Å². The molecule has 16 heavy (non-hydrogen) atoms. The van der Waals surface area contributed by atoms with Crippen molar-refractivity contribution < 1.29 is 12.8 Å². The summed E-state index contributed by atoms with van der Waals surface area (Å²) in [4.78, 5) is -0.286. The standard InChI is InChI=1S/C11H16FNO2S/c1-2-3-6-9-13-16(14,15)11-8-5-4-7-10(11)12/h4-5,7-8,13H,2-3,6,9H2,1H3. The maximum atomic E-state index is 13.2. The zero-order valence-corrected chi connectivity index (χ0v) is 10.1. The first-order valence-electron chi connectivity index (χ1n) is 5.32. The van der Waals surface area contributed by atoms with Crippen LogP contribution in [-0.4, -0.2) is 15.0 Å². The topological polar surface area (TPSA) is 46.2 Å². The van der Waals surface area contributed by atoms with Crippen LogP contribution in [0.25, 0.3) is 0 Å². The fraction of sp³-hybridized carbons (Fsp3) is 0.455. The molecule has 0 saturated heterocycles. The molecule has 90 valence electrons. The van der Waals surface area contributed by atoms with Crippen LogP contribution in [0, 0.1) is 5.82 Å². The molecule has 0 amide bonds. The van der Waals surface area contributed by atoms with Gasteiger partial charge < -0.3 is 0 Å². The number of benzene rings is 1. The molecule has 0 aliphatic carbocycles. The summed E-state index contributed by atoms with van der Waals surface area (Å²) in [5, 5.41) is 0. The zero-order valence-electron chi connectivity index (χ0n) is 9.24. The first kappa shape index (κ1) is 13.1. The first-order chi connectivity index (χ1) is 7.58. The maximum absolute atomic E-state index is 13.2. The molecule has 0 heterocycles. The van der Waals surface area contributed by atoms with Crippen molar-refractivity contribution in [3.05, 3.63) is 30.1 Å². The fourth-order valence-electron chi connectivity index (χ4n) is 1.32. The fourth-order valence-corrected chi connectivity index (χ4v) is 2.47. The second-order valence-electron chi connectivity index (χ2n) is 3.54. The van der Waals surface area contributed by atoms with Crippen molar-refractivity contribution in [2.45, 2.75) is 31.1 Å². The average molecular weight is 245 g/mol. The van der Waals surface area contributed by atoms with Gasteiger partial charge in [0.05, 0.1) is 0 Å². The summed E-state index contributed by atoms with van der Waals surface area (Å²) in [5.74, 6) is -0.717. The molecule has 0 bridgehead atoms. The van der Waals surface area contributed by atoms with E-state index in [2.05, 4.69) is 4.72 Å². The van der Waals surface area contributed by atoms with E-state index in [1.54, 1.807) is 0 Å². The monoisotopic (exact) mass is 245 g/mol. The molecular weight excluding hydrogens is 229 g/mol. The van der Waals surface area contributed by atoms with Gasteiger partial charge in [0, 0.05) is 6.54 Å². The lowest BCUT2D eigenvalue weighted by Gasteiger charge is -2.06. The van der Waals surface area contributed by atoms with E-state index in [1.165, 1.54) is 18.2 Å². The van der Waals surface area contributed by atoms with Gasteiger partial charge in [0.25, 0.3) is 0 Å². The summed E-state index contributed by atoms with van der Waals surface area (Å²) < 4.78 is 39.0. The highest BCUT2D eigenvalue weighted by atomic mass is 32.2. The second-order valence-corrected chi connectivity index (χ2v) is 5.27. The van der Waals surface area contributed by atoms with E-state index >= 15 is 0 Å². The molecule has 0 aromatic heterocycles. The molecule has 1 aromatic carbocycles. The average Bonchev–Trinajstić information content (AvgIpc) is 2.25. The number of hydrogen-bond acceptors (Lipinski definition) is 2. The Morgan fingerprint density at radius 3 is 2.56 bits per heavy atom. The largest absolute Gasteiger partial charge is 0.243 e. The molecule has 0 saturated carbocycles. The van der Waals surface area contributed by atoms with Crippen molar-refractivity contribution >= 4 is 10.0 Å². The van der Waals surface area contributed by atoms with Crippen molar-refractivity contribution in [1.29, 1.82) is 0 Å². The number of rotatable bonds is 6. The highest BCUT2D eigenvalue weighted by Crippen LogP contribution is 2.12. The molecule has 0 radical (unpaired) electrons. The van der Waals surface area contributed by atoms with Crippen molar-refractivity contribution in [2.75, 3.05) is 6.54 Å². The van der Waals surface area contributed by atoms with Gasteiger partial charge in [0.2, 0.25) is 10.0 Å². The van der Waals surface area contributed by atoms with Gasteiger partial charge in [-0.1, -0.05) is 31.9 Å². The van der Waals surface area contributed by atoms with Gasteiger partial charge in [0.15, 0.2) is 0 Å². The van der Waals surface area contributed by atoms with Gasteiger partial charge in [-0.05, 0) is 18.6 Å². The van der Waals surface area contributed by atoms with Crippen LogP contribution in [0.5, 0.6) is 0 Å². The van der Waals surface area contributed by atoms with Gasteiger partial charge in [-0.2, -0.15) is 0 Å². The summed E-state index contributed by atoms with van der Waals surface area (Å²) in [5.41, 5.74) is 0. The molecule has 5 heteroatoms. The Labute approximate surface area is 95.7 Å². The smallest absolute Gasteiger partial charge is 0.211 e. The van der Waals surface area contributed by atoms with Gasteiger partial charge in [-0.25, -0.2) is 17.5 Å². The minimum Gasteiger partial charge on any atom is -0.211 e. The SMILES string of the molecule is CCCCCNS(=O)(=O)c1ccccc1F. The predicted octanol–water partition coefficient (Wildman–Crippen LogP) is 2.29. The minimum atomic E-state index is -3.70. The molecule has 1 aromatic rings. The Hall–Kier alpha value is -0.940. The molecule has 0 aliphatic rings. The zero-order chi connectivity index (χ0) is 12.0. The number of sulfonamides is 1. The van der Waals surface area contributed by atoms with Gasteiger partial charge >= 0.3 is 0 Å². The van der Waals surface area contributed by atoms with E-state index in [4.69, 9.17) is 0 Å². The van der Waals surface area contributed by atoms with E-state index in [-0.39, 0.29) is 4.90 Å². The maximum Gasteiger partial charge on any atom is 0.243 e. The third-order valence-electron chi connectivity index (χ3n) is 2.20. The van der Waals surface area contributed by atoms with Crippen LogP contribution in [0.4, 0.5) is 4.39 Å². The quantitative estimate of drug-likeness (QED) is 0.782. The number of halogens is 1. The second kappa shape index (κ2) is 5.96. The van der Waals surface area contributed by atoms with Gasteiger partial charge in [0.1, 0.15) is 10.7 Å². The molecule has 0 atom stereocenters. The molecule has 3 nitrogen and oxygen atoms in total. The van der Waals surface area contributed by atoms with E-state index in [0.29, 0.717) is 6.54 Å². The molecule has 0 spiro atoms. The summed E-state index contributed by atoms with van der Waals surface area (Å²) in [6.45, 7) is 2.38. The molecule has 1 N–H and O–H groups in total. The molecule has 1 rings (SSSR count). The summed E-state index contributed by atoms with van der Waals surface area (Å²) in [6, 6.07) is 5.37. The third-order valence-corrected chi connectivity index (χ3v) is 3.69. The Kier molecular flexibility index (Phi) is 4.89. The van der Waals surface area contributed by atoms with E-state index in [9.17, 15) is 12.8 Å². The van der Waals surface area contributed by atoms with Crippen molar-refractivity contribution in [1.82, 2.24) is 4.72 Å². The minimum absolute atomic E-state index is 0.286. The van der Waals surface area contributed by atoms with E-state index in [1.807, 2.05) is 6.92 Å². The Morgan fingerprint density at radius 2 is 1.94 bits per heavy atom. The Bertz CT molecular complexity index is 431. The Morgan fingerprint density at radius 1 is 1.25 bits per heavy atom. The lowest BCUT2D eigenvalue weighted by atomic mass is 10.3. The lowest BCUT2D eigenvalue weighted by Crippen LogP contribution is -2.25. The number of hydrogen-bond donors (Lipinski definition) is 1. The van der Waals surface area contributed by atoms with Crippen LogP contribution in [0.2, 0.25) is 0 Å². The van der Waals surface area contributed by atoms with Crippen molar-refractivity contribution in [2.24, 2.45) is 0 Å². The van der Waals surface area contributed by atoms with Crippen LogP contribution in [-0.2, 0) is 10.0 Å². The third kappa shape index (κ3) is 3.57. The van der Waals surface area contributed by atoms with Gasteiger partial charge in [-0.3, -0.25) is 0 Å². The summed E-state index contributed by atoms with van der Waals surface area (Å²) >= 11 is 0. The summed E-state index contributed by atoms with van der Waals surface area (Å²) in [7, 11) is -3.70.